The van der Waals surface area contributed by atoms with E-state index in [1.165, 1.54) is 16.7 Å². The number of thioether (sulfide) groups is 1. The Morgan fingerprint density at radius 1 is 1.42 bits per heavy atom. The molecular formula is C16H19BrClNO4S. The van der Waals surface area contributed by atoms with E-state index in [1.807, 2.05) is 12.1 Å². The summed E-state index contributed by atoms with van der Waals surface area (Å²) in [7, 11) is 0. The molecule has 1 aromatic rings. The second kappa shape index (κ2) is 7.54. The van der Waals surface area contributed by atoms with Crippen LogP contribution in [0, 0.1) is 0 Å². The highest BCUT2D eigenvalue weighted by Gasteiger charge is 2.42. The third-order valence-corrected chi connectivity index (χ3v) is 5.57. The SMILES string of the molecule is CC(C)(C)OC(=O)N1C[C@H](Sc2ccc(Br)cc2Cl)C[C@H]1C(=O)O. The molecule has 2 rings (SSSR count). The van der Waals surface area contributed by atoms with E-state index in [0.717, 1.165) is 9.37 Å². The molecule has 2 atom stereocenters. The Labute approximate surface area is 158 Å². The minimum Gasteiger partial charge on any atom is -0.480 e. The topological polar surface area (TPSA) is 66.8 Å². The van der Waals surface area contributed by atoms with Crippen LogP contribution in [0.4, 0.5) is 4.79 Å². The molecule has 1 aliphatic heterocycles. The zero-order valence-electron chi connectivity index (χ0n) is 13.6. The first kappa shape index (κ1) is 19.4. The maximum absolute atomic E-state index is 12.3. The van der Waals surface area contributed by atoms with Gasteiger partial charge in [-0.3, -0.25) is 4.90 Å². The van der Waals surface area contributed by atoms with Crippen LogP contribution in [0.25, 0.3) is 0 Å². The Kier molecular flexibility index (Phi) is 6.09. The summed E-state index contributed by atoms with van der Waals surface area (Å²) in [5, 5.41) is 9.95. The molecule has 8 heteroatoms. The monoisotopic (exact) mass is 435 g/mol. The van der Waals surface area contributed by atoms with Gasteiger partial charge in [-0.1, -0.05) is 27.5 Å². The number of ether oxygens (including phenoxy) is 1. The van der Waals surface area contributed by atoms with E-state index in [-0.39, 0.29) is 5.25 Å². The van der Waals surface area contributed by atoms with Crippen LogP contribution in [0.1, 0.15) is 27.2 Å². The first-order valence-corrected chi connectivity index (χ1v) is 9.46. The summed E-state index contributed by atoms with van der Waals surface area (Å²) in [4.78, 5) is 25.9. The average molecular weight is 437 g/mol. The minimum absolute atomic E-state index is 0.0581. The smallest absolute Gasteiger partial charge is 0.411 e. The van der Waals surface area contributed by atoms with Crippen LogP contribution in [-0.4, -0.2) is 45.5 Å². The van der Waals surface area contributed by atoms with Crippen molar-refractivity contribution in [3.05, 3.63) is 27.7 Å². The van der Waals surface area contributed by atoms with Crippen molar-refractivity contribution in [1.29, 1.82) is 0 Å². The van der Waals surface area contributed by atoms with Crippen molar-refractivity contribution in [2.45, 2.75) is 49.0 Å². The van der Waals surface area contributed by atoms with E-state index >= 15 is 0 Å². The Morgan fingerprint density at radius 2 is 2.08 bits per heavy atom. The summed E-state index contributed by atoms with van der Waals surface area (Å²) in [6.07, 6.45) is -0.244. The molecule has 5 nitrogen and oxygen atoms in total. The zero-order chi connectivity index (χ0) is 18.1. The predicted molar refractivity (Wildman–Crippen MR) is 97.8 cm³/mol. The lowest BCUT2D eigenvalue weighted by Crippen LogP contribution is -2.43. The molecule has 1 aliphatic rings. The van der Waals surface area contributed by atoms with Crippen molar-refractivity contribution in [2.24, 2.45) is 0 Å². The molecule has 0 bridgehead atoms. The number of benzene rings is 1. The molecule has 0 aliphatic carbocycles. The largest absolute Gasteiger partial charge is 0.480 e. The van der Waals surface area contributed by atoms with E-state index in [1.54, 1.807) is 26.8 Å². The fraction of sp³-hybridized carbons (Fsp3) is 0.500. The number of carbonyl (C=O) groups is 2. The van der Waals surface area contributed by atoms with E-state index in [0.29, 0.717) is 18.0 Å². The molecule has 1 heterocycles. The summed E-state index contributed by atoms with van der Waals surface area (Å²) < 4.78 is 6.20. The van der Waals surface area contributed by atoms with Crippen molar-refractivity contribution in [2.75, 3.05) is 6.54 Å². The van der Waals surface area contributed by atoms with Crippen LogP contribution in [0.15, 0.2) is 27.6 Å². The molecule has 1 fully saturated rings. The maximum Gasteiger partial charge on any atom is 0.411 e. The quantitative estimate of drug-likeness (QED) is 0.746. The van der Waals surface area contributed by atoms with Gasteiger partial charge in [-0.05, 0) is 45.4 Å². The Morgan fingerprint density at radius 3 is 2.62 bits per heavy atom. The number of carboxylic acid groups (broad SMARTS) is 1. The summed E-state index contributed by atoms with van der Waals surface area (Å²) in [6, 6.07) is 4.66. The van der Waals surface area contributed by atoms with Crippen LogP contribution < -0.4 is 0 Å². The number of likely N-dealkylation sites (tertiary alicyclic amines) is 1. The van der Waals surface area contributed by atoms with Gasteiger partial charge in [0.2, 0.25) is 0 Å². The van der Waals surface area contributed by atoms with Crippen LogP contribution in [0.3, 0.4) is 0 Å². The molecule has 1 aromatic carbocycles. The molecule has 1 amide bonds. The maximum atomic E-state index is 12.3. The van der Waals surface area contributed by atoms with Gasteiger partial charge >= 0.3 is 12.1 Å². The second-order valence-electron chi connectivity index (χ2n) is 6.54. The molecule has 0 saturated carbocycles. The van der Waals surface area contributed by atoms with Crippen LogP contribution >= 0.6 is 39.3 Å². The van der Waals surface area contributed by atoms with Gasteiger partial charge in [-0.15, -0.1) is 11.8 Å². The van der Waals surface area contributed by atoms with Gasteiger partial charge in [0.05, 0.1) is 5.02 Å². The number of carbonyl (C=O) groups excluding carboxylic acids is 1. The van der Waals surface area contributed by atoms with E-state index < -0.39 is 23.7 Å². The molecule has 0 radical (unpaired) electrons. The zero-order valence-corrected chi connectivity index (χ0v) is 16.7. The molecular weight excluding hydrogens is 418 g/mol. The van der Waals surface area contributed by atoms with Gasteiger partial charge in [-0.2, -0.15) is 0 Å². The number of rotatable bonds is 3. The molecule has 0 aromatic heterocycles. The molecule has 0 spiro atoms. The van der Waals surface area contributed by atoms with Gasteiger partial charge in [-0.25, -0.2) is 9.59 Å². The number of carboxylic acids is 1. The number of hydrogen-bond donors (Lipinski definition) is 1. The highest BCUT2D eigenvalue weighted by molar-refractivity contribution is 9.10. The van der Waals surface area contributed by atoms with Gasteiger partial charge in [0.1, 0.15) is 11.6 Å². The summed E-state index contributed by atoms with van der Waals surface area (Å²) in [6.45, 7) is 5.57. The van der Waals surface area contributed by atoms with E-state index in [2.05, 4.69) is 15.9 Å². The van der Waals surface area contributed by atoms with Crippen molar-refractivity contribution in [1.82, 2.24) is 4.90 Å². The van der Waals surface area contributed by atoms with Gasteiger partial charge in [0, 0.05) is 21.2 Å². The number of nitrogens with zero attached hydrogens (tertiary/aromatic N) is 1. The summed E-state index contributed by atoms with van der Waals surface area (Å²) >= 11 is 11.1. The van der Waals surface area contributed by atoms with Gasteiger partial charge in [0.15, 0.2) is 0 Å². The van der Waals surface area contributed by atoms with Crippen molar-refractivity contribution < 1.29 is 19.4 Å². The highest BCUT2D eigenvalue weighted by atomic mass is 79.9. The first-order valence-electron chi connectivity index (χ1n) is 7.41. The number of halogens is 2. The standard InChI is InChI=1S/C16H19BrClNO4S/c1-16(2,3)23-15(22)19-8-10(7-12(19)14(20)21)24-13-5-4-9(17)6-11(13)18/h4-6,10,12H,7-8H2,1-3H3,(H,20,21)/t10-,12+/m1/s1. The van der Waals surface area contributed by atoms with E-state index in [4.69, 9.17) is 16.3 Å². The summed E-state index contributed by atoms with van der Waals surface area (Å²) in [5.41, 5.74) is -0.666. The van der Waals surface area contributed by atoms with Crippen LogP contribution in [0.5, 0.6) is 0 Å². The fourth-order valence-corrected chi connectivity index (χ4v) is 4.39. The third kappa shape index (κ3) is 5.04. The van der Waals surface area contributed by atoms with Crippen LogP contribution in [-0.2, 0) is 9.53 Å². The first-order chi connectivity index (χ1) is 11.1. The van der Waals surface area contributed by atoms with Crippen molar-refractivity contribution in [3.63, 3.8) is 0 Å². The lowest BCUT2D eigenvalue weighted by Gasteiger charge is -2.26. The lowest BCUT2D eigenvalue weighted by molar-refractivity contribution is -0.142. The van der Waals surface area contributed by atoms with Crippen molar-refractivity contribution >= 4 is 51.4 Å². The Balaban J connectivity index is 2.11. The normalized spacial score (nSPS) is 21.0. The van der Waals surface area contributed by atoms with Crippen LogP contribution in [0.2, 0.25) is 5.02 Å². The Hall–Kier alpha value is -0.920. The summed E-state index contributed by atoms with van der Waals surface area (Å²) in [5.74, 6) is -1.02. The molecule has 0 unspecified atom stereocenters. The van der Waals surface area contributed by atoms with Crippen molar-refractivity contribution in [3.8, 4) is 0 Å². The third-order valence-electron chi connectivity index (χ3n) is 3.36. The van der Waals surface area contributed by atoms with E-state index in [9.17, 15) is 14.7 Å². The molecule has 1 saturated heterocycles. The van der Waals surface area contributed by atoms with Gasteiger partial charge in [0.25, 0.3) is 0 Å². The Bertz CT molecular complexity index is 649. The lowest BCUT2D eigenvalue weighted by atomic mass is 10.2. The molecule has 1 N–H and O–H groups in total. The minimum atomic E-state index is -1.02. The second-order valence-corrected chi connectivity index (χ2v) is 9.20. The average Bonchev–Trinajstić information content (AvgIpc) is 2.84. The number of amides is 1. The fourth-order valence-electron chi connectivity index (χ4n) is 2.39. The molecule has 24 heavy (non-hydrogen) atoms. The molecule has 132 valence electrons. The number of hydrogen-bond acceptors (Lipinski definition) is 4. The number of aliphatic carboxylic acids is 1. The predicted octanol–water partition coefficient (Wildman–Crippen LogP) is 4.66. The van der Waals surface area contributed by atoms with Gasteiger partial charge < -0.3 is 9.84 Å². The highest BCUT2D eigenvalue weighted by Crippen LogP contribution is 2.38.